The van der Waals surface area contributed by atoms with E-state index in [1.54, 1.807) is 5.48 Å². The average Bonchev–Trinajstić information content (AvgIpc) is 3.16. The van der Waals surface area contributed by atoms with Gasteiger partial charge in [0.1, 0.15) is 0 Å². The number of rotatable bonds is 7. The van der Waals surface area contributed by atoms with E-state index in [1.807, 2.05) is 48.5 Å². The van der Waals surface area contributed by atoms with Crippen molar-refractivity contribution in [2.75, 3.05) is 13.2 Å². The number of amides is 1. The lowest BCUT2D eigenvalue weighted by atomic mass is 9.96. The van der Waals surface area contributed by atoms with E-state index in [2.05, 4.69) is 0 Å². The molecule has 138 valence electrons. The van der Waals surface area contributed by atoms with Crippen LogP contribution >= 0.6 is 11.6 Å². The number of hydrogen-bond donors (Lipinski definition) is 2. The van der Waals surface area contributed by atoms with E-state index in [0.717, 1.165) is 23.1 Å². The molecule has 0 aromatic heterocycles. The van der Waals surface area contributed by atoms with Gasteiger partial charge in [-0.15, -0.1) is 0 Å². The Morgan fingerprint density at radius 2 is 1.58 bits per heavy atom. The van der Waals surface area contributed by atoms with Gasteiger partial charge in [-0.3, -0.25) is 10.0 Å². The summed E-state index contributed by atoms with van der Waals surface area (Å²) in [6, 6.07) is 15.9. The molecule has 1 amide bonds. The van der Waals surface area contributed by atoms with E-state index in [4.69, 9.17) is 26.3 Å². The molecule has 1 saturated heterocycles. The number of unbranched alkanes of at least 4 members (excludes halogenated alkanes) is 1. The molecule has 2 aromatic rings. The van der Waals surface area contributed by atoms with Crippen molar-refractivity contribution in [1.29, 1.82) is 0 Å². The summed E-state index contributed by atoms with van der Waals surface area (Å²) in [7, 11) is 0. The number of hydrogen-bond acceptors (Lipinski definition) is 4. The Bertz CT molecular complexity index is 724. The fraction of sp³-hybridized carbons (Fsp3) is 0.350. The summed E-state index contributed by atoms with van der Waals surface area (Å²) in [6.07, 6.45) is 2.35. The first-order chi connectivity index (χ1) is 12.6. The molecule has 0 saturated carbocycles. The van der Waals surface area contributed by atoms with Crippen LogP contribution in [0.1, 0.15) is 31.2 Å². The normalized spacial score (nSPS) is 15.8. The van der Waals surface area contributed by atoms with E-state index in [9.17, 15) is 4.79 Å². The van der Waals surface area contributed by atoms with Gasteiger partial charge in [0, 0.05) is 23.4 Å². The number of carbonyl (C=O) groups excluding carboxylic acids is 1. The molecule has 1 aliphatic rings. The molecule has 1 heterocycles. The number of carbonyl (C=O) groups is 1. The zero-order valence-corrected chi connectivity index (χ0v) is 15.2. The first kappa shape index (κ1) is 18.9. The Kier molecular flexibility index (Phi) is 6.27. The van der Waals surface area contributed by atoms with Crippen LogP contribution in [-0.4, -0.2) is 24.3 Å². The van der Waals surface area contributed by atoms with Gasteiger partial charge in [-0.2, -0.15) is 0 Å². The molecule has 2 N–H and O–H groups in total. The Labute approximate surface area is 157 Å². The maximum absolute atomic E-state index is 11.1. The fourth-order valence-corrected chi connectivity index (χ4v) is 3.29. The lowest BCUT2D eigenvalue weighted by Gasteiger charge is -2.28. The van der Waals surface area contributed by atoms with Gasteiger partial charge in [0.15, 0.2) is 5.79 Å². The summed E-state index contributed by atoms with van der Waals surface area (Å²) in [6.45, 7) is 1.10. The fourth-order valence-electron chi connectivity index (χ4n) is 3.17. The van der Waals surface area contributed by atoms with Gasteiger partial charge in [0.25, 0.3) is 0 Å². The molecular formula is C20H22ClNO4. The second kappa shape index (κ2) is 8.64. The molecule has 6 heteroatoms. The third-order valence-electron chi connectivity index (χ3n) is 4.54. The lowest BCUT2D eigenvalue weighted by Crippen LogP contribution is -2.27. The van der Waals surface area contributed by atoms with Crippen molar-refractivity contribution in [2.45, 2.75) is 31.5 Å². The van der Waals surface area contributed by atoms with Crippen LogP contribution in [0.3, 0.4) is 0 Å². The van der Waals surface area contributed by atoms with Gasteiger partial charge in [0.2, 0.25) is 5.91 Å². The molecule has 2 aromatic carbocycles. The van der Waals surface area contributed by atoms with E-state index in [-0.39, 0.29) is 12.3 Å². The smallest absolute Gasteiger partial charge is 0.243 e. The van der Waals surface area contributed by atoms with Gasteiger partial charge in [-0.05, 0) is 36.1 Å². The van der Waals surface area contributed by atoms with Crippen molar-refractivity contribution in [3.05, 3.63) is 59.1 Å². The highest BCUT2D eigenvalue weighted by Crippen LogP contribution is 2.37. The number of hydroxylamine groups is 1. The van der Waals surface area contributed by atoms with Gasteiger partial charge < -0.3 is 9.47 Å². The second-order valence-corrected chi connectivity index (χ2v) is 6.71. The maximum atomic E-state index is 11.1. The van der Waals surface area contributed by atoms with Crippen molar-refractivity contribution in [2.24, 2.45) is 0 Å². The minimum atomic E-state index is -0.756. The van der Waals surface area contributed by atoms with Crippen molar-refractivity contribution < 1.29 is 19.5 Å². The largest absolute Gasteiger partial charge is 0.343 e. The third kappa shape index (κ3) is 4.43. The highest BCUT2D eigenvalue weighted by molar-refractivity contribution is 6.30. The lowest BCUT2D eigenvalue weighted by molar-refractivity contribution is -0.172. The topological polar surface area (TPSA) is 67.8 Å². The molecule has 1 aliphatic heterocycles. The van der Waals surface area contributed by atoms with Crippen LogP contribution in [0.15, 0.2) is 48.5 Å². The Morgan fingerprint density at radius 1 is 1.00 bits per heavy atom. The standard InChI is InChI=1S/C20H22ClNO4/c21-18-10-6-16(7-11-18)15-4-8-17(9-5-15)20(25-13-14-26-20)12-2-1-3-19(23)22-24/h4-11,24H,1-3,12-14H2,(H,22,23). The van der Waals surface area contributed by atoms with Crippen LogP contribution in [0.2, 0.25) is 5.02 Å². The van der Waals surface area contributed by atoms with E-state index in [0.29, 0.717) is 31.1 Å². The summed E-state index contributed by atoms with van der Waals surface area (Å²) >= 11 is 5.95. The quantitative estimate of drug-likeness (QED) is 0.430. The Hall–Kier alpha value is -1.92. The van der Waals surface area contributed by atoms with Gasteiger partial charge in [0.05, 0.1) is 13.2 Å². The van der Waals surface area contributed by atoms with Gasteiger partial charge in [-0.1, -0.05) is 48.0 Å². The average molecular weight is 376 g/mol. The van der Waals surface area contributed by atoms with Gasteiger partial charge >= 0.3 is 0 Å². The summed E-state index contributed by atoms with van der Waals surface area (Å²) in [4.78, 5) is 11.1. The van der Waals surface area contributed by atoms with Crippen LogP contribution in [0.5, 0.6) is 0 Å². The Balaban J connectivity index is 1.69. The minimum absolute atomic E-state index is 0.280. The predicted molar refractivity (Wildman–Crippen MR) is 98.9 cm³/mol. The summed E-state index contributed by atoms with van der Waals surface area (Å²) in [5.41, 5.74) is 4.81. The third-order valence-corrected chi connectivity index (χ3v) is 4.79. The molecule has 5 nitrogen and oxygen atoms in total. The zero-order valence-electron chi connectivity index (χ0n) is 14.4. The monoisotopic (exact) mass is 375 g/mol. The van der Waals surface area contributed by atoms with Crippen molar-refractivity contribution in [3.8, 4) is 11.1 Å². The minimum Gasteiger partial charge on any atom is -0.343 e. The Morgan fingerprint density at radius 3 is 2.15 bits per heavy atom. The first-order valence-electron chi connectivity index (χ1n) is 8.70. The van der Waals surface area contributed by atoms with Crippen molar-refractivity contribution in [1.82, 2.24) is 5.48 Å². The molecule has 26 heavy (non-hydrogen) atoms. The molecule has 1 fully saturated rings. The molecule has 3 rings (SSSR count). The highest BCUT2D eigenvalue weighted by Gasteiger charge is 2.37. The molecule has 0 bridgehead atoms. The number of benzene rings is 2. The number of halogens is 1. The van der Waals surface area contributed by atoms with Crippen molar-refractivity contribution in [3.63, 3.8) is 0 Å². The molecule has 0 aliphatic carbocycles. The number of nitrogens with one attached hydrogen (secondary N) is 1. The maximum Gasteiger partial charge on any atom is 0.243 e. The van der Waals surface area contributed by atoms with E-state index in [1.165, 1.54) is 0 Å². The van der Waals surface area contributed by atoms with Crippen LogP contribution in [0.25, 0.3) is 11.1 Å². The molecule has 0 radical (unpaired) electrons. The van der Waals surface area contributed by atoms with Crippen LogP contribution in [0, 0.1) is 0 Å². The molecule has 0 atom stereocenters. The van der Waals surface area contributed by atoms with Gasteiger partial charge in [-0.25, -0.2) is 5.48 Å². The molecular weight excluding hydrogens is 354 g/mol. The van der Waals surface area contributed by atoms with Crippen molar-refractivity contribution >= 4 is 17.5 Å². The van der Waals surface area contributed by atoms with Crippen LogP contribution < -0.4 is 5.48 Å². The second-order valence-electron chi connectivity index (χ2n) is 6.28. The van der Waals surface area contributed by atoms with Crippen LogP contribution in [-0.2, 0) is 20.1 Å². The summed E-state index contributed by atoms with van der Waals surface area (Å²) < 4.78 is 11.9. The summed E-state index contributed by atoms with van der Waals surface area (Å²) in [5.74, 6) is -1.13. The van der Waals surface area contributed by atoms with E-state index < -0.39 is 5.79 Å². The van der Waals surface area contributed by atoms with Crippen LogP contribution in [0.4, 0.5) is 0 Å². The first-order valence-corrected chi connectivity index (χ1v) is 9.08. The predicted octanol–water partition coefficient (Wildman–Crippen LogP) is 4.27. The zero-order chi connectivity index (χ0) is 18.4. The number of ether oxygens (including phenoxy) is 2. The molecule has 0 unspecified atom stereocenters. The van der Waals surface area contributed by atoms with E-state index >= 15 is 0 Å². The highest BCUT2D eigenvalue weighted by atomic mass is 35.5. The summed E-state index contributed by atoms with van der Waals surface area (Å²) in [5, 5.41) is 9.27. The molecule has 0 spiro atoms. The SMILES string of the molecule is O=C(CCCCC1(c2ccc(-c3ccc(Cl)cc3)cc2)OCCO1)NO.